The van der Waals surface area contributed by atoms with Crippen LogP contribution in [0.5, 0.6) is 0 Å². The lowest BCUT2D eigenvalue weighted by Gasteiger charge is -2.15. The van der Waals surface area contributed by atoms with Gasteiger partial charge in [-0.3, -0.25) is 9.58 Å². The van der Waals surface area contributed by atoms with Crippen molar-refractivity contribution in [1.82, 2.24) is 20.0 Å². The Morgan fingerprint density at radius 1 is 1.38 bits per heavy atom. The molecule has 21 heavy (non-hydrogen) atoms. The van der Waals surface area contributed by atoms with Crippen LogP contribution in [-0.2, 0) is 26.7 Å². The van der Waals surface area contributed by atoms with Gasteiger partial charge < -0.3 is 5.32 Å². The molecule has 4 nitrogen and oxygen atoms in total. The van der Waals surface area contributed by atoms with Gasteiger partial charge in [-0.25, -0.2) is 0 Å². The van der Waals surface area contributed by atoms with Crippen LogP contribution in [0.4, 0.5) is 0 Å². The summed E-state index contributed by atoms with van der Waals surface area (Å²) in [6.07, 6.45) is 4.02. The highest BCUT2D eigenvalue weighted by molar-refractivity contribution is 7.12. The third-order valence-electron chi connectivity index (χ3n) is 3.41. The minimum Gasteiger partial charge on any atom is -0.310 e. The van der Waals surface area contributed by atoms with Crippen molar-refractivity contribution in [2.24, 2.45) is 7.05 Å². The van der Waals surface area contributed by atoms with Crippen molar-refractivity contribution in [1.29, 1.82) is 0 Å². The van der Waals surface area contributed by atoms with E-state index < -0.39 is 0 Å². The average molecular weight is 306 g/mol. The highest BCUT2D eigenvalue weighted by Gasteiger charge is 2.09. The van der Waals surface area contributed by atoms with E-state index in [0.717, 1.165) is 19.6 Å². The molecule has 2 heterocycles. The Kier molecular flexibility index (Phi) is 5.56. The predicted octanol–water partition coefficient (Wildman–Crippen LogP) is 2.92. The summed E-state index contributed by atoms with van der Waals surface area (Å²) in [6, 6.07) is 2.87. The van der Waals surface area contributed by atoms with Crippen LogP contribution in [0, 0.1) is 6.92 Å². The van der Waals surface area contributed by atoms with Gasteiger partial charge in [0.2, 0.25) is 0 Å². The molecule has 0 atom stereocenters. The first-order valence-corrected chi connectivity index (χ1v) is 8.23. The van der Waals surface area contributed by atoms with E-state index >= 15 is 0 Å². The van der Waals surface area contributed by atoms with Gasteiger partial charge in [0, 0.05) is 54.2 Å². The number of hydrogen-bond acceptors (Lipinski definition) is 4. The Labute approximate surface area is 131 Å². The molecule has 0 fully saturated rings. The topological polar surface area (TPSA) is 33.1 Å². The second-order valence-electron chi connectivity index (χ2n) is 6.02. The van der Waals surface area contributed by atoms with Crippen molar-refractivity contribution >= 4 is 11.3 Å². The molecule has 1 N–H and O–H groups in total. The summed E-state index contributed by atoms with van der Waals surface area (Å²) in [6.45, 7) is 9.47. The molecule has 0 aliphatic rings. The van der Waals surface area contributed by atoms with Crippen molar-refractivity contribution in [3.63, 3.8) is 0 Å². The molecular weight excluding hydrogens is 280 g/mol. The molecule has 2 aromatic rings. The molecule has 0 saturated carbocycles. The molecule has 0 radical (unpaired) electrons. The minimum atomic E-state index is 0.532. The van der Waals surface area contributed by atoms with Crippen LogP contribution in [0.15, 0.2) is 18.5 Å². The van der Waals surface area contributed by atoms with Gasteiger partial charge in [0.1, 0.15) is 0 Å². The van der Waals surface area contributed by atoms with Crippen LogP contribution in [0.2, 0.25) is 0 Å². The third kappa shape index (κ3) is 4.95. The molecule has 0 aliphatic carbocycles. The maximum Gasteiger partial charge on any atom is 0.0534 e. The zero-order chi connectivity index (χ0) is 15.4. The summed E-state index contributed by atoms with van der Waals surface area (Å²) >= 11 is 1.90. The fraction of sp³-hybridized carbons (Fsp3) is 0.562. The van der Waals surface area contributed by atoms with Crippen molar-refractivity contribution in [3.05, 3.63) is 39.3 Å². The highest BCUT2D eigenvalue weighted by Crippen LogP contribution is 2.23. The number of nitrogens with zero attached hydrogens (tertiary/aromatic N) is 3. The van der Waals surface area contributed by atoms with Crippen molar-refractivity contribution < 1.29 is 0 Å². The van der Waals surface area contributed by atoms with Crippen molar-refractivity contribution in [2.45, 2.75) is 46.4 Å². The largest absolute Gasteiger partial charge is 0.310 e. The normalized spacial score (nSPS) is 11.8. The monoisotopic (exact) mass is 306 g/mol. The number of thiophene rings is 1. The second kappa shape index (κ2) is 7.20. The van der Waals surface area contributed by atoms with Crippen LogP contribution in [0.3, 0.4) is 0 Å². The Bertz CT molecular complexity index is 571. The molecular formula is C16H26N4S. The van der Waals surface area contributed by atoms with Crippen molar-refractivity contribution in [2.75, 3.05) is 7.05 Å². The van der Waals surface area contributed by atoms with E-state index in [1.165, 1.54) is 20.9 Å². The lowest BCUT2D eigenvalue weighted by molar-refractivity contribution is 0.319. The first-order valence-electron chi connectivity index (χ1n) is 7.41. The van der Waals surface area contributed by atoms with Gasteiger partial charge in [0.25, 0.3) is 0 Å². The van der Waals surface area contributed by atoms with Gasteiger partial charge in [-0.1, -0.05) is 13.8 Å². The Balaban J connectivity index is 1.92. The van der Waals surface area contributed by atoms with E-state index in [-0.39, 0.29) is 0 Å². The summed E-state index contributed by atoms with van der Waals surface area (Å²) < 4.78 is 1.86. The van der Waals surface area contributed by atoms with Gasteiger partial charge in [-0.2, -0.15) is 5.10 Å². The SMILES string of the molecule is Cc1sc(CNC(C)C)cc1CN(C)Cc1cnn(C)c1. The Morgan fingerprint density at radius 2 is 2.14 bits per heavy atom. The molecule has 0 saturated heterocycles. The van der Waals surface area contributed by atoms with Crippen LogP contribution in [-0.4, -0.2) is 27.8 Å². The van der Waals surface area contributed by atoms with E-state index in [1.54, 1.807) is 0 Å². The van der Waals surface area contributed by atoms with E-state index in [0.29, 0.717) is 6.04 Å². The second-order valence-corrected chi connectivity index (χ2v) is 7.37. The lowest BCUT2D eigenvalue weighted by atomic mass is 10.2. The summed E-state index contributed by atoms with van der Waals surface area (Å²) in [7, 11) is 4.12. The number of rotatable bonds is 7. The van der Waals surface area contributed by atoms with Gasteiger partial charge >= 0.3 is 0 Å². The van der Waals surface area contributed by atoms with E-state index in [2.05, 4.69) is 55.4 Å². The summed E-state index contributed by atoms with van der Waals surface area (Å²) in [5.41, 5.74) is 2.70. The fourth-order valence-corrected chi connectivity index (χ4v) is 3.35. The highest BCUT2D eigenvalue weighted by atomic mass is 32.1. The van der Waals surface area contributed by atoms with Crippen LogP contribution >= 0.6 is 11.3 Å². The van der Waals surface area contributed by atoms with Gasteiger partial charge in [-0.15, -0.1) is 11.3 Å². The van der Waals surface area contributed by atoms with Crippen LogP contribution in [0.25, 0.3) is 0 Å². The maximum atomic E-state index is 4.22. The first-order chi connectivity index (χ1) is 9.94. The van der Waals surface area contributed by atoms with Gasteiger partial charge in [0.05, 0.1) is 6.20 Å². The fourth-order valence-electron chi connectivity index (χ4n) is 2.35. The summed E-state index contributed by atoms with van der Waals surface area (Å²) in [5, 5.41) is 7.71. The molecule has 0 aromatic carbocycles. The number of nitrogens with one attached hydrogen (secondary N) is 1. The molecule has 0 aliphatic heterocycles. The summed E-state index contributed by atoms with van der Waals surface area (Å²) in [5.74, 6) is 0. The van der Waals surface area contributed by atoms with Gasteiger partial charge in [0.15, 0.2) is 0 Å². The molecule has 0 spiro atoms. The Hall–Kier alpha value is -1.17. The lowest BCUT2D eigenvalue weighted by Crippen LogP contribution is -2.21. The first kappa shape index (κ1) is 16.2. The quantitative estimate of drug-likeness (QED) is 0.854. The standard InChI is InChI=1S/C16H26N4S/c1-12(2)17-8-16-6-15(13(3)21-16)11-19(4)9-14-7-18-20(5)10-14/h6-7,10,12,17H,8-9,11H2,1-5H3. The van der Waals surface area contributed by atoms with Crippen LogP contribution < -0.4 is 5.32 Å². The molecule has 0 bridgehead atoms. The number of hydrogen-bond donors (Lipinski definition) is 1. The number of aryl methyl sites for hydroxylation is 2. The zero-order valence-corrected chi connectivity index (χ0v) is 14.5. The molecule has 0 unspecified atom stereocenters. The Morgan fingerprint density at radius 3 is 2.76 bits per heavy atom. The van der Waals surface area contributed by atoms with E-state index in [4.69, 9.17) is 0 Å². The van der Waals surface area contributed by atoms with Crippen LogP contribution in [0.1, 0.15) is 34.7 Å². The molecule has 0 amide bonds. The van der Waals surface area contributed by atoms with Gasteiger partial charge in [-0.05, 0) is 25.6 Å². The van der Waals surface area contributed by atoms with Crippen molar-refractivity contribution in [3.8, 4) is 0 Å². The number of aromatic nitrogens is 2. The third-order valence-corrected chi connectivity index (χ3v) is 4.50. The summed E-state index contributed by atoms with van der Waals surface area (Å²) in [4.78, 5) is 5.19. The molecule has 5 heteroatoms. The minimum absolute atomic E-state index is 0.532. The zero-order valence-electron chi connectivity index (χ0n) is 13.7. The smallest absolute Gasteiger partial charge is 0.0534 e. The predicted molar refractivity (Wildman–Crippen MR) is 89.4 cm³/mol. The molecule has 2 rings (SSSR count). The van der Waals surface area contributed by atoms with E-state index in [9.17, 15) is 0 Å². The maximum absolute atomic E-state index is 4.22. The average Bonchev–Trinajstić information content (AvgIpc) is 2.94. The molecule has 116 valence electrons. The molecule has 2 aromatic heterocycles. The van der Waals surface area contributed by atoms with E-state index in [1.807, 2.05) is 29.3 Å².